The summed E-state index contributed by atoms with van der Waals surface area (Å²) in [6.07, 6.45) is 0.256. The van der Waals surface area contributed by atoms with Crippen LogP contribution >= 0.6 is 12.6 Å². The predicted molar refractivity (Wildman–Crippen MR) is 109 cm³/mol. The van der Waals surface area contributed by atoms with Gasteiger partial charge in [0.05, 0.1) is 0 Å². The third-order valence-corrected chi connectivity index (χ3v) is 4.26. The zero-order chi connectivity index (χ0) is 20.4. The van der Waals surface area contributed by atoms with Gasteiger partial charge in [-0.1, -0.05) is 48.5 Å². The lowest BCUT2D eigenvalue weighted by Crippen LogP contribution is -2.54. The second-order valence-electron chi connectivity index (χ2n) is 6.06. The molecule has 0 fully saturated rings. The molecule has 3 amide bonds. The lowest BCUT2D eigenvalue weighted by atomic mass is 10.1. The lowest BCUT2D eigenvalue weighted by Gasteiger charge is -2.21. The smallest absolute Gasteiger partial charge is 0.258 e. The normalized spacial score (nSPS) is 12.5. The Morgan fingerprint density at radius 2 is 1.54 bits per heavy atom. The van der Waals surface area contributed by atoms with Crippen LogP contribution in [-0.4, -0.2) is 42.2 Å². The van der Waals surface area contributed by atoms with E-state index >= 15 is 0 Å². The molecule has 0 spiro atoms. The van der Waals surface area contributed by atoms with Crippen molar-refractivity contribution in [1.82, 2.24) is 10.6 Å². The van der Waals surface area contributed by atoms with E-state index in [4.69, 9.17) is 10.5 Å². The number of thiol groups is 1. The van der Waals surface area contributed by atoms with Gasteiger partial charge in [-0.2, -0.15) is 12.6 Å². The van der Waals surface area contributed by atoms with Crippen LogP contribution in [0.5, 0.6) is 5.75 Å². The average Bonchev–Trinajstić information content (AvgIpc) is 2.71. The van der Waals surface area contributed by atoms with E-state index < -0.39 is 29.8 Å². The molecular weight excluding hydrogens is 378 g/mol. The second-order valence-corrected chi connectivity index (χ2v) is 6.42. The number of amides is 3. The van der Waals surface area contributed by atoms with E-state index in [0.29, 0.717) is 5.75 Å². The fraction of sp³-hybridized carbons (Fsp3) is 0.250. The molecule has 2 aromatic rings. The summed E-state index contributed by atoms with van der Waals surface area (Å²) in [7, 11) is 0. The van der Waals surface area contributed by atoms with Gasteiger partial charge in [0.2, 0.25) is 11.8 Å². The van der Waals surface area contributed by atoms with E-state index in [1.165, 1.54) is 0 Å². The number of carbonyl (C=O) groups excluding carboxylic acids is 3. The molecule has 2 rings (SSSR count). The van der Waals surface area contributed by atoms with Crippen molar-refractivity contribution in [1.29, 1.82) is 0 Å². The van der Waals surface area contributed by atoms with Gasteiger partial charge in [0.1, 0.15) is 17.8 Å². The number of benzene rings is 2. The Hall–Kier alpha value is -3.00. The molecule has 0 bridgehead atoms. The van der Waals surface area contributed by atoms with Crippen LogP contribution in [0.4, 0.5) is 0 Å². The van der Waals surface area contributed by atoms with Crippen LogP contribution in [0.1, 0.15) is 5.56 Å². The lowest BCUT2D eigenvalue weighted by molar-refractivity contribution is -0.131. The van der Waals surface area contributed by atoms with E-state index in [9.17, 15) is 14.4 Å². The van der Waals surface area contributed by atoms with Crippen LogP contribution in [0.25, 0.3) is 0 Å². The number of carbonyl (C=O) groups is 3. The molecule has 2 aromatic carbocycles. The van der Waals surface area contributed by atoms with Crippen molar-refractivity contribution < 1.29 is 19.1 Å². The Bertz CT molecular complexity index is 787. The maximum atomic E-state index is 12.5. The Kier molecular flexibility index (Phi) is 8.36. The first kappa shape index (κ1) is 21.3. The summed E-state index contributed by atoms with van der Waals surface area (Å²) in [4.78, 5) is 36.2. The fourth-order valence-electron chi connectivity index (χ4n) is 2.44. The molecule has 0 aliphatic heterocycles. The molecule has 0 saturated carbocycles. The van der Waals surface area contributed by atoms with E-state index in [1.807, 2.05) is 36.4 Å². The number of nitrogens with one attached hydrogen (secondary N) is 2. The van der Waals surface area contributed by atoms with Crippen LogP contribution in [0, 0.1) is 0 Å². The fourth-order valence-corrected chi connectivity index (χ4v) is 2.70. The zero-order valence-electron chi connectivity index (χ0n) is 15.2. The van der Waals surface area contributed by atoms with Crippen molar-refractivity contribution >= 4 is 30.4 Å². The molecule has 0 aliphatic carbocycles. The molecule has 0 saturated heterocycles. The van der Waals surface area contributed by atoms with Crippen LogP contribution in [-0.2, 0) is 20.8 Å². The monoisotopic (exact) mass is 401 g/mol. The number of para-hydroxylation sites is 1. The van der Waals surface area contributed by atoms with E-state index in [-0.39, 0.29) is 18.8 Å². The molecule has 8 heteroatoms. The molecule has 4 N–H and O–H groups in total. The SMILES string of the molecule is NC(=O)[C@H](Cc1ccccc1)NC(=O)[C@H](CS)NC(=O)COc1ccccc1. The van der Waals surface area contributed by atoms with Crippen molar-refractivity contribution in [2.24, 2.45) is 5.73 Å². The Labute approximate surface area is 169 Å². The highest BCUT2D eigenvalue weighted by Crippen LogP contribution is 2.08. The first-order chi connectivity index (χ1) is 13.5. The van der Waals surface area contributed by atoms with E-state index in [1.54, 1.807) is 24.3 Å². The molecule has 148 valence electrons. The Morgan fingerprint density at radius 3 is 2.11 bits per heavy atom. The molecule has 0 radical (unpaired) electrons. The minimum absolute atomic E-state index is 0.0553. The van der Waals surface area contributed by atoms with Gasteiger partial charge in [-0.3, -0.25) is 14.4 Å². The second kappa shape index (κ2) is 11.0. The first-order valence-electron chi connectivity index (χ1n) is 8.71. The summed E-state index contributed by atoms with van der Waals surface area (Å²) < 4.78 is 5.35. The third kappa shape index (κ3) is 6.96. The van der Waals surface area contributed by atoms with Gasteiger partial charge in [0.15, 0.2) is 6.61 Å². The minimum atomic E-state index is -0.923. The molecule has 0 heterocycles. The largest absolute Gasteiger partial charge is 0.484 e. The van der Waals surface area contributed by atoms with Crippen molar-refractivity contribution in [3.05, 3.63) is 66.2 Å². The maximum absolute atomic E-state index is 12.5. The van der Waals surface area contributed by atoms with Gasteiger partial charge in [-0.15, -0.1) is 0 Å². The van der Waals surface area contributed by atoms with Gasteiger partial charge in [0.25, 0.3) is 5.91 Å². The summed E-state index contributed by atoms with van der Waals surface area (Å²) in [6, 6.07) is 16.2. The summed E-state index contributed by atoms with van der Waals surface area (Å²) in [5.74, 6) is -1.07. The predicted octanol–water partition coefficient (Wildman–Crippen LogP) is 0.693. The first-order valence-corrected chi connectivity index (χ1v) is 9.34. The summed E-state index contributed by atoms with van der Waals surface area (Å²) in [6.45, 7) is -0.245. The van der Waals surface area contributed by atoms with Crippen LogP contribution < -0.4 is 21.1 Å². The van der Waals surface area contributed by atoms with Crippen LogP contribution in [0.2, 0.25) is 0 Å². The average molecular weight is 401 g/mol. The van der Waals surface area contributed by atoms with Crippen molar-refractivity contribution in [2.45, 2.75) is 18.5 Å². The van der Waals surface area contributed by atoms with Crippen molar-refractivity contribution in [3.63, 3.8) is 0 Å². The number of nitrogens with two attached hydrogens (primary N) is 1. The highest BCUT2D eigenvalue weighted by atomic mass is 32.1. The Morgan fingerprint density at radius 1 is 0.929 bits per heavy atom. The highest BCUT2D eigenvalue weighted by Gasteiger charge is 2.25. The number of hydrogen-bond donors (Lipinski definition) is 4. The van der Waals surface area contributed by atoms with Gasteiger partial charge >= 0.3 is 0 Å². The molecule has 0 aliphatic rings. The van der Waals surface area contributed by atoms with Crippen molar-refractivity contribution in [2.75, 3.05) is 12.4 Å². The molecule has 2 atom stereocenters. The summed E-state index contributed by atoms with van der Waals surface area (Å²) in [5.41, 5.74) is 6.26. The van der Waals surface area contributed by atoms with E-state index in [0.717, 1.165) is 5.56 Å². The maximum Gasteiger partial charge on any atom is 0.258 e. The topological polar surface area (TPSA) is 111 Å². The zero-order valence-corrected chi connectivity index (χ0v) is 16.1. The number of hydrogen-bond acceptors (Lipinski definition) is 5. The van der Waals surface area contributed by atoms with Crippen molar-refractivity contribution in [3.8, 4) is 5.75 Å². The number of ether oxygens (including phenoxy) is 1. The summed E-state index contributed by atoms with van der Waals surface area (Å²) >= 11 is 4.11. The molecule has 28 heavy (non-hydrogen) atoms. The van der Waals surface area contributed by atoms with Crippen LogP contribution in [0.15, 0.2) is 60.7 Å². The summed E-state index contributed by atoms with van der Waals surface area (Å²) in [5, 5.41) is 5.12. The Balaban J connectivity index is 1.89. The van der Waals surface area contributed by atoms with Crippen LogP contribution in [0.3, 0.4) is 0 Å². The number of primary amides is 1. The molecule has 0 aromatic heterocycles. The van der Waals surface area contributed by atoms with Gasteiger partial charge < -0.3 is 21.1 Å². The third-order valence-electron chi connectivity index (χ3n) is 3.89. The molecule has 7 nitrogen and oxygen atoms in total. The van der Waals surface area contributed by atoms with Gasteiger partial charge in [0, 0.05) is 12.2 Å². The molecule has 0 unspecified atom stereocenters. The number of rotatable bonds is 10. The van der Waals surface area contributed by atoms with Gasteiger partial charge in [-0.25, -0.2) is 0 Å². The molecular formula is C20H23N3O4S. The van der Waals surface area contributed by atoms with Gasteiger partial charge in [-0.05, 0) is 17.7 Å². The quantitative estimate of drug-likeness (QED) is 0.439. The van der Waals surface area contributed by atoms with E-state index in [2.05, 4.69) is 23.3 Å². The minimum Gasteiger partial charge on any atom is -0.484 e. The highest BCUT2D eigenvalue weighted by molar-refractivity contribution is 7.80. The standard InChI is InChI=1S/C20H23N3O4S/c21-19(25)16(11-14-7-3-1-4-8-14)23-20(26)17(13-28)22-18(24)12-27-15-9-5-2-6-10-15/h1-10,16-17,28H,11-13H2,(H2,21,25)(H,22,24)(H,23,26)/t16-,17-/m0/s1.